The van der Waals surface area contributed by atoms with Crippen LogP contribution in [0, 0.1) is 0 Å². The van der Waals surface area contributed by atoms with Crippen molar-refractivity contribution >= 4 is 9.84 Å². The molecule has 0 N–H and O–H groups in total. The van der Waals surface area contributed by atoms with Crippen LogP contribution < -0.4 is 4.74 Å². The molecule has 0 spiro atoms. The molecule has 0 aliphatic rings. The van der Waals surface area contributed by atoms with Crippen molar-refractivity contribution in [2.75, 3.05) is 6.26 Å². The molecule has 0 saturated heterocycles. The van der Waals surface area contributed by atoms with Crippen molar-refractivity contribution in [3.8, 4) is 5.75 Å². The van der Waals surface area contributed by atoms with E-state index < -0.39 is 15.9 Å². The van der Waals surface area contributed by atoms with Crippen LogP contribution in [0.3, 0.4) is 0 Å². The molecular formula is C14H18N2O4S. The van der Waals surface area contributed by atoms with Crippen molar-refractivity contribution in [1.29, 1.82) is 0 Å². The van der Waals surface area contributed by atoms with E-state index in [0.717, 1.165) is 6.26 Å². The summed E-state index contributed by atoms with van der Waals surface area (Å²) in [6.45, 7) is 5.75. The van der Waals surface area contributed by atoms with Crippen LogP contribution in [0.15, 0.2) is 33.7 Å². The molecule has 2 rings (SSSR count). The third-order valence-corrected chi connectivity index (χ3v) is 4.01. The van der Waals surface area contributed by atoms with E-state index in [2.05, 4.69) is 10.1 Å². The molecule has 0 aliphatic carbocycles. The van der Waals surface area contributed by atoms with Gasteiger partial charge in [-0.3, -0.25) is 0 Å². The Morgan fingerprint density at radius 3 is 2.24 bits per heavy atom. The molecular weight excluding hydrogens is 292 g/mol. The van der Waals surface area contributed by atoms with E-state index in [1.165, 1.54) is 12.1 Å². The van der Waals surface area contributed by atoms with Crippen molar-refractivity contribution in [3.63, 3.8) is 0 Å². The molecule has 1 aromatic heterocycles. The molecule has 0 unspecified atom stereocenters. The predicted molar refractivity (Wildman–Crippen MR) is 77.0 cm³/mol. The lowest BCUT2D eigenvalue weighted by Gasteiger charge is -2.10. The maximum Gasteiger partial charge on any atom is 0.267 e. The maximum atomic E-state index is 11.4. The molecule has 1 aromatic carbocycles. The van der Waals surface area contributed by atoms with Crippen LogP contribution in [0.25, 0.3) is 0 Å². The number of nitrogens with zero attached hydrogens (tertiary/aromatic N) is 2. The van der Waals surface area contributed by atoms with E-state index >= 15 is 0 Å². The molecule has 0 fully saturated rings. The molecule has 21 heavy (non-hydrogen) atoms. The Labute approximate surface area is 124 Å². The minimum atomic E-state index is -3.20. The monoisotopic (exact) mass is 310 g/mol. The molecule has 0 radical (unpaired) electrons. The van der Waals surface area contributed by atoms with Crippen molar-refractivity contribution in [2.24, 2.45) is 0 Å². The summed E-state index contributed by atoms with van der Waals surface area (Å²) >= 11 is 0. The molecule has 1 atom stereocenters. The average Bonchev–Trinajstić information content (AvgIpc) is 2.88. The highest BCUT2D eigenvalue weighted by atomic mass is 32.2. The molecule has 7 heteroatoms. The second kappa shape index (κ2) is 5.85. The Morgan fingerprint density at radius 2 is 1.76 bits per heavy atom. The van der Waals surface area contributed by atoms with E-state index in [1.54, 1.807) is 19.1 Å². The number of sulfone groups is 1. The Morgan fingerprint density at radius 1 is 1.14 bits per heavy atom. The molecule has 0 bridgehead atoms. The third kappa shape index (κ3) is 3.81. The van der Waals surface area contributed by atoms with Crippen LogP contribution in [0.1, 0.15) is 44.5 Å². The number of hydrogen-bond acceptors (Lipinski definition) is 6. The van der Waals surface area contributed by atoms with Gasteiger partial charge in [0, 0.05) is 12.2 Å². The van der Waals surface area contributed by atoms with Gasteiger partial charge in [-0.25, -0.2) is 8.42 Å². The first kappa shape index (κ1) is 15.5. The highest BCUT2D eigenvalue weighted by Gasteiger charge is 2.17. The zero-order valence-electron chi connectivity index (χ0n) is 12.4. The first-order chi connectivity index (χ1) is 9.77. The van der Waals surface area contributed by atoms with Crippen LogP contribution in [0.5, 0.6) is 5.75 Å². The van der Waals surface area contributed by atoms with Gasteiger partial charge in [-0.2, -0.15) is 4.98 Å². The summed E-state index contributed by atoms with van der Waals surface area (Å²) in [6.07, 6.45) is 0.756. The largest absolute Gasteiger partial charge is 0.481 e. The second-order valence-electron chi connectivity index (χ2n) is 5.15. The smallest absolute Gasteiger partial charge is 0.267 e. The summed E-state index contributed by atoms with van der Waals surface area (Å²) in [7, 11) is -3.20. The second-order valence-corrected chi connectivity index (χ2v) is 7.16. The van der Waals surface area contributed by atoms with E-state index in [1.807, 2.05) is 13.8 Å². The van der Waals surface area contributed by atoms with Gasteiger partial charge < -0.3 is 9.26 Å². The lowest BCUT2D eigenvalue weighted by molar-refractivity contribution is 0.175. The third-order valence-electron chi connectivity index (χ3n) is 2.89. The van der Waals surface area contributed by atoms with Crippen LogP contribution in [0.4, 0.5) is 0 Å². The molecule has 2 aromatic rings. The quantitative estimate of drug-likeness (QED) is 0.844. The zero-order chi connectivity index (χ0) is 15.6. The first-order valence-corrected chi connectivity index (χ1v) is 8.47. The number of hydrogen-bond donors (Lipinski definition) is 0. The normalized spacial score (nSPS) is 13.4. The van der Waals surface area contributed by atoms with Crippen LogP contribution >= 0.6 is 0 Å². The van der Waals surface area contributed by atoms with Gasteiger partial charge in [0.05, 0.1) is 4.90 Å². The summed E-state index contributed by atoms with van der Waals surface area (Å²) in [5, 5.41) is 3.88. The minimum Gasteiger partial charge on any atom is -0.481 e. The van der Waals surface area contributed by atoms with Crippen LogP contribution in [-0.2, 0) is 9.84 Å². The van der Waals surface area contributed by atoms with Crippen molar-refractivity contribution < 1.29 is 17.7 Å². The Balaban J connectivity index is 2.10. The number of rotatable bonds is 5. The summed E-state index contributed by atoms with van der Waals surface area (Å²) in [6, 6.07) is 6.22. The molecule has 0 aliphatic heterocycles. The lowest BCUT2D eigenvalue weighted by atomic mass is 10.2. The van der Waals surface area contributed by atoms with Gasteiger partial charge in [0.1, 0.15) is 5.75 Å². The summed E-state index contributed by atoms with van der Waals surface area (Å²) < 4.78 is 33.6. The number of aromatic nitrogens is 2. The summed E-state index contributed by atoms with van der Waals surface area (Å²) in [5.41, 5.74) is 0. The Bertz CT molecular complexity index is 705. The standard InChI is InChI=1S/C14H18N2O4S/c1-9(2)13-15-14(20-16-13)10(3)19-11-5-7-12(8-6-11)21(4,17)18/h5-10H,1-4H3/t10-/m1/s1. The van der Waals surface area contributed by atoms with E-state index in [0.29, 0.717) is 17.5 Å². The number of ether oxygens (including phenoxy) is 1. The number of benzene rings is 1. The zero-order valence-corrected chi connectivity index (χ0v) is 13.2. The highest BCUT2D eigenvalue weighted by Crippen LogP contribution is 2.23. The molecule has 114 valence electrons. The van der Waals surface area contributed by atoms with Gasteiger partial charge in [0.15, 0.2) is 21.8 Å². The molecule has 0 saturated carbocycles. The fraction of sp³-hybridized carbons (Fsp3) is 0.429. The Hall–Kier alpha value is -1.89. The van der Waals surface area contributed by atoms with Gasteiger partial charge in [-0.1, -0.05) is 19.0 Å². The van der Waals surface area contributed by atoms with E-state index in [9.17, 15) is 8.42 Å². The summed E-state index contributed by atoms with van der Waals surface area (Å²) in [5.74, 6) is 1.75. The first-order valence-electron chi connectivity index (χ1n) is 6.57. The fourth-order valence-corrected chi connectivity index (χ4v) is 2.30. The van der Waals surface area contributed by atoms with Crippen LogP contribution in [-0.4, -0.2) is 24.8 Å². The van der Waals surface area contributed by atoms with Gasteiger partial charge in [0.25, 0.3) is 5.89 Å². The van der Waals surface area contributed by atoms with Crippen molar-refractivity contribution in [3.05, 3.63) is 36.0 Å². The SMILES string of the molecule is CC(C)c1noc([C@@H](C)Oc2ccc(S(C)(=O)=O)cc2)n1. The topological polar surface area (TPSA) is 82.3 Å². The van der Waals surface area contributed by atoms with E-state index in [-0.39, 0.29) is 10.8 Å². The van der Waals surface area contributed by atoms with Gasteiger partial charge in [0.2, 0.25) is 0 Å². The van der Waals surface area contributed by atoms with E-state index in [4.69, 9.17) is 9.26 Å². The molecule has 1 heterocycles. The van der Waals surface area contributed by atoms with Crippen LogP contribution in [0.2, 0.25) is 0 Å². The fourth-order valence-electron chi connectivity index (χ4n) is 1.67. The molecule has 6 nitrogen and oxygen atoms in total. The van der Waals surface area contributed by atoms with Gasteiger partial charge >= 0.3 is 0 Å². The van der Waals surface area contributed by atoms with Crippen molar-refractivity contribution in [1.82, 2.24) is 10.1 Å². The summed E-state index contributed by atoms with van der Waals surface area (Å²) in [4.78, 5) is 4.52. The average molecular weight is 310 g/mol. The predicted octanol–water partition coefficient (Wildman–Crippen LogP) is 2.74. The lowest BCUT2D eigenvalue weighted by Crippen LogP contribution is -2.04. The molecule has 0 amide bonds. The van der Waals surface area contributed by atoms with Gasteiger partial charge in [-0.05, 0) is 31.2 Å². The highest BCUT2D eigenvalue weighted by molar-refractivity contribution is 7.90. The van der Waals surface area contributed by atoms with Gasteiger partial charge in [-0.15, -0.1) is 0 Å². The minimum absolute atomic E-state index is 0.184. The maximum absolute atomic E-state index is 11.4. The Kier molecular flexibility index (Phi) is 4.32. The van der Waals surface area contributed by atoms with Crippen molar-refractivity contribution in [2.45, 2.75) is 37.7 Å².